The Morgan fingerprint density at radius 1 is 1.39 bits per heavy atom. The molecule has 2 aromatic rings. The van der Waals surface area contributed by atoms with E-state index in [-0.39, 0.29) is 5.91 Å². The third kappa shape index (κ3) is 2.57. The van der Waals surface area contributed by atoms with Gasteiger partial charge in [-0.3, -0.25) is 4.79 Å². The number of hydrogen-bond acceptors (Lipinski definition) is 3. The van der Waals surface area contributed by atoms with Gasteiger partial charge in [-0.05, 0) is 39.5 Å². The molecule has 0 aliphatic heterocycles. The Kier molecular flexibility index (Phi) is 4.04. The van der Waals surface area contributed by atoms with E-state index < -0.39 is 0 Å². The van der Waals surface area contributed by atoms with Crippen LogP contribution >= 0.6 is 27.3 Å². The molecule has 3 nitrogen and oxygen atoms in total. The first-order valence-electron chi connectivity index (χ1n) is 5.28. The number of ether oxygens (including phenoxy) is 1. The highest BCUT2D eigenvalue weighted by atomic mass is 79.9. The summed E-state index contributed by atoms with van der Waals surface area (Å²) < 4.78 is 5.98. The fourth-order valence-electron chi connectivity index (χ4n) is 1.54. The normalized spacial score (nSPS) is 10.2. The van der Waals surface area contributed by atoms with E-state index in [1.54, 1.807) is 19.1 Å². The Bertz CT molecular complexity index is 568. The van der Waals surface area contributed by atoms with Crippen molar-refractivity contribution in [3.63, 3.8) is 0 Å². The van der Waals surface area contributed by atoms with Gasteiger partial charge >= 0.3 is 0 Å². The monoisotopic (exact) mass is 325 g/mol. The maximum absolute atomic E-state index is 12.3. The van der Waals surface area contributed by atoms with E-state index in [1.165, 1.54) is 11.3 Å². The van der Waals surface area contributed by atoms with Crippen LogP contribution in [0.3, 0.4) is 0 Å². The molecule has 1 aromatic heterocycles. The van der Waals surface area contributed by atoms with Crippen LogP contribution < -0.4 is 9.64 Å². The maximum Gasteiger partial charge on any atom is 0.269 e. The molecule has 0 aliphatic rings. The topological polar surface area (TPSA) is 29.5 Å². The first kappa shape index (κ1) is 13.1. The molecular formula is C13H12BrNO2S. The van der Waals surface area contributed by atoms with Crippen LogP contribution in [0.15, 0.2) is 40.2 Å². The zero-order valence-electron chi connectivity index (χ0n) is 10.0. The summed E-state index contributed by atoms with van der Waals surface area (Å²) in [6, 6.07) is 9.29. The van der Waals surface area contributed by atoms with Crippen LogP contribution in [0, 0.1) is 0 Å². The van der Waals surface area contributed by atoms with Crippen molar-refractivity contribution in [2.24, 2.45) is 0 Å². The van der Waals surface area contributed by atoms with E-state index in [4.69, 9.17) is 4.74 Å². The van der Waals surface area contributed by atoms with Crippen LogP contribution in [0.1, 0.15) is 9.67 Å². The van der Waals surface area contributed by atoms with Crippen molar-refractivity contribution in [2.75, 3.05) is 19.1 Å². The molecule has 0 aliphatic carbocycles. The van der Waals surface area contributed by atoms with Gasteiger partial charge in [0.25, 0.3) is 5.91 Å². The lowest BCUT2D eigenvalue weighted by Gasteiger charge is -2.17. The average Bonchev–Trinajstić information content (AvgIpc) is 2.83. The predicted octanol–water partition coefficient (Wildman–Crippen LogP) is 3.80. The van der Waals surface area contributed by atoms with Crippen LogP contribution in [0.4, 0.5) is 5.69 Å². The fraction of sp³-hybridized carbons (Fsp3) is 0.154. The van der Waals surface area contributed by atoms with Gasteiger partial charge in [0.05, 0.1) is 7.11 Å². The van der Waals surface area contributed by atoms with Crippen molar-refractivity contribution in [1.82, 2.24) is 0 Å². The number of thiophene rings is 1. The molecule has 5 heteroatoms. The van der Waals surface area contributed by atoms with E-state index in [1.807, 2.05) is 35.7 Å². The number of carbonyl (C=O) groups is 1. The van der Waals surface area contributed by atoms with E-state index >= 15 is 0 Å². The average molecular weight is 326 g/mol. The van der Waals surface area contributed by atoms with Gasteiger partial charge in [0, 0.05) is 23.3 Å². The molecule has 0 N–H and O–H groups in total. The fourth-order valence-corrected chi connectivity index (χ4v) is 3.05. The highest BCUT2D eigenvalue weighted by Crippen LogP contribution is 2.27. The quantitative estimate of drug-likeness (QED) is 0.859. The molecular weight excluding hydrogens is 314 g/mol. The van der Waals surface area contributed by atoms with Gasteiger partial charge in [0.2, 0.25) is 0 Å². The molecule has 0 spiro atoms. The zero-order chi connectivity index (χ0) is 13.1. The molecule has 2 rings (SSSR count). The lowest BCUT2D eigenvalue weighted by molar-refractivity contribution is 0.0996. The minimum Gasteiger partial charge on any atom is -0.497 e. The van der Waals surface area contributed by atoms with E-state index in [0.717, 1.165) is 15.9 Å². The van der Waals surface area contributed by atoms with Crippen LogP contribution in [0.2, 0.25) is 0 Å². The molecule has 0 unspecified atom stereocenters. The highest BCUT2D eigenvalue weighted by Gasteiger charge is 2.17. The molecule has 18 heavy (non-hydrogen) atoms. The molecule has 94 valence electrons. The summed E-state index contributed by atoms with van der Waals surface area (Å²) in [6.07, 6.45) is 0. The first-order chi connectivity index (χ1) is 8.63. The Morgan fingerprint density at radius 2 is 2.17 bits per heavy atom. The number of rotatable bonds is 3. The highest BCUT2D eigenvalue weighted by molar-refractivity contribution is 9.10. The van der Waals surface area contributed by atoms with Gasteiger partial charge in [-0.15, -0.1) is 11.3 Å². The van der Waals surface area contributed by atoms with Gasteiger partial charge in [0.15, 0.2) is 0 Å². The molecule has 1 amide bonds. The number of nitrogens with zero attached hydrogens (tertiary/aromatic N) is 1. The molecule has 1 aromatic carbocycles. The van der Waals surface area contributed by atoms with Crippen LogP contribution in [0.25, 0.3) is 0 Å². The number of amides is 1. The summed E-state index contributed by atoms with van der Waals surface area (Å²) in [5.74, 6) is 0.697. The summed E-state index contributed by atoms with van der Waals surface area (Å²) in [5.41, 5.74) is 0.805. The van der Waals surface area contributed by atoms with Crippen LogP contribution in [0.5, 0.6) is 5.75 Å². The van der Waals surface area contributed by atoms with Crippen LogP contribution in [-0.4, -0.2) is 20.1 Å². The summed E-state index contributed by atoms with van der Waals surface area (Å²) in [6.45, 7) is 0. The standard InChI is InChI=1S/C13H12BrNO2S/c1-15(9-4-3-5-10(8-9)17-2)13(16)12-11(14)6-7-18-12/h3-8H,1-2H3. The molecule has 0 fully saturated rings. The Balaban J connectivity index is 2.28. The minimum atomic E-state index is -0.0369. The molecule has 0 atom stereocenters. The number of methoxy groups -OCH3 is 1. The van der Waals surface area contributed by atoms with Gasteiger partial charge in [-0.1, -0.05) is 6.07 Å². The Hall–Kier alpha value is -1.33. The van der Waals surface area contributed by atoms with Crippen molar-refractivity contribution in [3.8, 4) is 5.75 Å². The van der Waals surface area contributed by atoms with Crippen molar-refractivity contribution in [2.45, 2.75) is 0 Å². The number of halogens is 1. The smallest absolute Gasteiger partial charge is 0.269 e. The third-order valence-corrected chi connectivity index (χ3v) is 4.38. The van der Waals surface area contributed by atoms with Crippen molar-refractivity contribution < 1.29 is 9.53 Å². The molecule has 0 bridgehead atoms. The van der Waals surface area contributed by atoms with E-state index in [0.29, 0.717) is 4.88 Å². The first-order valence-corrected chi connectivity index (χ1v) is 6.96. The second-order valence-corrected chi connectivity index (χ2v) is 5.43. The zero-order valence-corrected chi connectivity index (χ0v) is 12.4. The molecule has 0 saturated carbocycles. The summed E-state index contributed by atoms with van der Waals surface area (Å²) in [5, 5.41) is 1.89. The van der Waals surface area contributed by atoms with Gasteiger partial charge in [0.1, 0.15) is 10.6 Å². The van der Waals surface area contributed by atoms with E-state index in [2.05, 4.69) is 15.9 Å². The SMILES string of the molecule is COc1cccc(N(C)C(=O)c2sccc2Br)c1. The maximum atomic E-state index is 12.3. The summed E-state index contributed by atoms with van der Waals surface area (Å²) in [4.78, 5) is 14.6. The largest absolute Gasteiger partial charge is 0.497 e. The van der Waals surface area contributed by atoms with Crippen molar-refractivity contribution in [3.05, 3.63) is 45.1 Å². The molecule has 0 radical (unpaired) electrons. The number of benzene rings is 1. The van der Waals surface area contributed by atoms with Crippen LogP contribution in [-0.2, 0) is 0 Å². The number of hydrogen-bond donors (Lipinski definition) is 0. The Labute approximate surface area is 118 Å². The second kappa shape index (κ2) is 5.54. The Morgan fingerprint density at radius 3 is 2.78 bits per heavy atom. The van der Waals surface area contributed by atoms with Crippen molar-refractivity contribution >= 4 is 38.9 Å². The van der Waals surface area contributed by atoms with Gasteiger partial charge < -0.3 is 9.64 Å². The number of carbonyl (C=O) groups excluding carboxylic acids is 1. The molecule has 1 heterocycles. The second-order valence-electron chi connectivity index (χ2n) is 3.66. The third-order valence-electron chi connectivity index (χ3n) is 2.56. The lowest BCUT2D eigenvalue weighted by Crippen LogP contribution is -2.25. The van der Waals surface area contributed by atoms with Crippen molar-refractivity contribution in [1.29, 1.82) is 0 Å². The minimum absolute atomic E-state index is 0.0369. The van der Waals surface area contributed by atoms with Gasteiger partial charge in [-0.2, -0.15) is 0 Å². The predicted molar refractivity (Wildman–Crippen MR) is 77.7 cm³/mol. The summed E-state index contributed by atoms with van der Waals surface area (Å²) >= 11 is 4.80. The number of anilines is 1. The van der Waals surface area contributed by atoms with E-state index in [9.17, 15) is 4.79 Å². The lowest BCUT2D eigenvalue weighted by atomic mass is 10.2. The molecule has 0 saturated heterocycles. The summed E-state index contributed by atoms with van der Waals surface area (Å²) in [7, 11) is 3.36. The van der Waals surface area contributed by atoms with Gasteiger partial charge in [-0.25, -0.2) is 0 Å².